The highest BCUT2D eigenvalue weighted by Gasteiger charge is 2.29. The molecule has 1 aliphatic carbocycles. The van der Waals surface area contributed by atoms with Crippen LogP contribution in [0.5, 0.6) is 11.5 Å². The Morgan fingerprint density at radius 2 is 2.00 bits per heavy atom. The fourth-order valence-corrected chi connectivity index (χ4v) is 4.00. The quantitative estimate of drug-likeness (QED) is 0.665. The molecule has 2 heterocycles. The van der Waals surface area contributed by atoms with Gasteiger partial charge in [0.1, 0.15) is 11.7 Å². The van der Waals surface area contributed by atoms with Gasteiger partial charge >= 0.3 is 0 Å². The van der Waals surface area contributed by atoms with E-state index in [1.54, 1.807) is 14.2 Å². The molecule has 1 aromatic rings. The molecule has 0 unspecified atom stereocenters. The highest BCUT2D eigenvalue weighted by atomic mass is 16.5. The van der Waals surface area contributed by atoms with E-state index in [0.717, 1.165) is 24.2 Å². The van der Waals surface area contributed by atoms with E-state index in [-0.39, 0.29) is 11.9 Å². The fourth-order valence-electron chi connectivity index (χ4n) is 4.00. The first-order chi connectivity index (χ1) is 14.7. The number of carbonyl (C=O) groups excluding carboxylic acids is 1. The molecule has 1 saturated carbocycles. The number of nitrogens with one attached hydrogen (secondary N) is 3. The maximum absolute atomic E-state index is 12.8. The number of aliphatic imine (C=N–C) groups is 1. The topological polar surface area (TPSA) is 87.2 Å². The van der Waals surface area contributed by atoms with Crippen LogP contribution in [0.2, 0.25) is 0 Å². The summed E-state index contributed by atoms with van der Waals surface area (Å²) < 4.78 is 10.6. The number of hydrazine groups is 1. The summed E-state index contributed by atoms with van der Waals surface area (Å²) in [6.07, 6.45) is 9.55. The van der Waals surface area contributed by atoms with E-state index in [2.05, 4.69) is 21.1 Å². The predicted molar refractivity (Wildman–Crippen MR) is 115 cm³/mol. The van der Waals surface area contributed by atoms with Crippen LogP contribution >= 0.6 is 0 Å². The first-order valence-electron chi connectivity index (χ1n) is 10.4. The molecule has 0 atom stereocenters. The number of amides is 1. The van der Waals surface area contributed by atoms with E-state index < -0.39 is 0 Å². The summed E-state index contributed by atoms with van der Waals surface area (Å²) in [6.45, 7) is 0.978. The van der Waals surface area contributed by atoms with Crippen molar-refractivity contribution in [3.8, 4) is 11.5 Å². The summed E-state index contributed by atoms with van der Waals surface area (Å²) >= 11 is 0. The Kier molecular flexibility index (Phi) is 6.23. The smallest absolute Gasteiger partial charge is 0.252 e. The third-order valence-corrected chi connectivity index (χ3v) is 5.68. The highest BCUT2D eigenvalue weighted by Crippen LogP contribution is 2.28. The molecule has 160 valence electrons. The molecule has 8 heteroatoms. The van der Waals surface area contributed by atoms with Crippen LogP contribution in [-0.4, -0.2) is 43.6 Å². The zero-order chi connectivity index (χ0) is 20.9. The molecule has 0 radical (unpaired) electrons. The Hall–Kier alpha value is -3.00. The molecule has 0 aromatic heterocycles. The number of methoxy groups -OCH3 is 2. The SMILES string of the molecule is COc1ccc(CN=C2C=CN3NCC(C(=O)NC4CCCCC4)=C3N2)cc1OC. The van der Waals surface area contributed by atoms with Crippen molar-refractivity contribution in [2.45, 2.75) is 44.7 Å². The number of benzene rings is 1. The van der Waals surface area contributed by atoms with Crippen molar-refractivity contribution in [2.75, 3.05) is 20.8 Å². The van der Waals surface area contributed by atoms with Crippen molar-refractivity contribution in [3.05, 3.63) is 47.4 Å². The van der Waals surface area contributed by atoms with Gasteiger partial charge in [-0.15, -0.1) is 0 Å². The number of rotatable bonds is 6. The van der Waals surface area contributed by atoms with Crippen LogP contribution in [0.3, 0.4) is 0 Å². The summed E-state index contributed by atoms with van der Waals surface area (Å²) in [5, 5.41) is 8.33. The van der Waals surface area contributed by atoms with Crippen LogP contribution in [0.25, 0.3) is 0 Å². The van der Waals surface area contributed by atoms with E-state index in [1.165, 1.54) is 19.3 Å². The predicted octanol–water partition coefficient (Wildman–Crippen LogP) is 2.20. The molecular formula is C22H29N5O3. The standard InChI is InChI=1S/C22H29N5O3/c1-29-18-9-8-15(12-19(18)30-2)13-23-20-10-11-27-21(26-20)17(14-24-27)22(28)25-16-6-4-3-5-7-16/h8-12,16,24H,3-7,13-14H2,1-2H3,(H,23,26)(H,25,28). The summed E-state index contributed by atoms with van der Waals surface area (Å²) in [4.78, 5) is 17.5. The van der Waals surface area contributed by atoms with Crippen LogP contribution in [-0.2, 0) is 11.3 Å². The first kappa shape index (κ1) is 20.3. The number of hydrogen-bond donors (Lipinski definition) is 3. The van der Waals surface area contributed by atoms with Crippen LogP contribution in [0, 0.1) is 0 Å². The lowest BCUT2D eigenvalue weighted by atomic mass is 9.95. The molecule has 3 aliphatic rings. The Morgan fingerprint density at radius 1 is 1.20 bits per heavy atom. The number of nitrogens with zero attached hydrogens (tertiary/aromatic N) is 2. The Balaban J connectivity index is 1.45. The molecule has 1 fully saturated rings. The lowest BCUT2D eigenvalue weighted by Crippen LogP contribution is -2.40. The zero-order valence-electron chi connectivity index (χ0n) is 17.5. The fraction of sp³-hybridized carbons (Fsp3) is 0.455. The number of carbonyl (C=O) groups is 1. The van der Waals surface area contributed by atoms with Gasteiger partial charge in [0.15, 0.2) is 11.5 Å². The van der Waals surface area contributed by atoms with Crippen molar-refractivity contribution in [1.29, 1.82) is 0 Å². The normalized spacial score (nSPS) is 20.2. The molecule has 0 saturated heterocycles. The van der Waals surface area contributed by atoms with Crippen molar-refractivity contribution in [3.63, 3.8) is 0 Å². The van der Waals surface area contributed by atoms with Gasteiger partial charge in [-0.05, 0) is 36.6 Å². The molecular weight excluding hydrogens is 382 g/mol. The average molecular weight is 412 g/mol. The Morgan fingerprint density at radius 3 is 2.77 bits per heavy atom. The van der Waals surface area contributed by atoms with Gasteiger partial charge in [0.05, 0.1) is 26.3 Å². The van der Waals surface area contributed by atoms with Gasteiger partial charge in [-0.2, -0.15) is 0 Å². The highest BCUT2D eigenvalue weighted by molar-refractivity contribution is 5.99. The van der Waals surface area contributed by atoms with E-state index in [4.69, 9.17) is 9.47 Å². The summed E-state index contributed by atoms with van der Waals surface area (Å²) in [5.41, 5.74) is 4.93. The molecule has 4 rings (SSSR count). The Labute approximate surface area is 177 Å². The second-order valence-electron chi connectivity index (χ2n) is 7.67. The minimum atomic E-state index is -0.00561. The second kappa shape index (κ2) is 9.21. The van der Waals surface area contributed by atoms with Crippen molar-refractivity contribution in [1.82, 2.24) is 21.1 Å². The van der Waals surface area contributed by atoms with Gasteiger partial charge in [0, 0.05) is 18.8 Å². The van der Waals surface area contributed by atoms with Crippen molar-refractivity contribution < 1.29 is 14.3 Å². The maximum Gasteiger partial charge on any atom is 0.252 e. The lowest BCUT2D eigenvalue weighted by Gasteiger charge is -2.25. The second-order valence-corrected chi connectivity index (χ2v) is 7.67. The van der Waals surface area contributed by atoms with Gasteiger partial charge in [-0.25, -0.2) is 5.43 Å². The lowest BCUT2D eigenvalue weighted by molar-refractivity contribution is -0.118. The molecule has 0 spiro atoms. The summed E-state index contributed by atoms with van der Waals surface area (Å²) in [5.74, 6) is 2.82. The van der Waals surface area contributed by atoms with E-state index in [1.807, 2.05) is 35.5 Å². The minimum absolute atomic E-state index is 0.00561. The molecule has 8 nitrogen and oxygen atoms in total. The van der Waals surface area contributed by atoms with Gasteiger partial charge in [0.2, 0.25) is 0 Å². The van der Waals surface area contributed by atoms with Gasteiger partial charge in [-0.1, -0.05) is 25.3 Å². The molecule has 3 N–H and O–H groups in total. The first-order valence-corrected chi connectivity index (χ1v) is 10.4. The summed E-state index contributed by atoms with van der Waals surface area (Å²) in [6, 6.07) is 6.04. The van der Waals surface area contributed by atoms with Gasteiger partial charge in [0.25, 0.3) is 5.91 Å². The minimum Gasteiger partial charge on any atom is -0.493 e. The van der Waals surface area contributed by atoms with Gasteiger partial charge in [-0.3, -0.25) is 14.8 Å². The monoisotopic (exact) mass is 411 g/mol. The van der Waals surface area contributed by atoms with E-state index in [9.17, 15) is 4.79 Å². The van der Waals surface area contributed by atoms with Gasteiger partial charge < -0.3 is 20.1 Å². The molecule has 2 aliphatic heterocycles. The Bertz CT molecular complexity index is 887. The number of fused-ring (bicyclic) bond motifs is 1. The van der Waals surface area contributed by atoms with Crippen LogP contribution < -0.4 is 25.5 Å². The number of hydrogen-bond acceptors (Lipinski definition) is 6. The molecule has 30 heavy (non-hydrogen) atoms. The van der Waals surface area contributed by atoms with Crippen molar-refractivity contribution in [2.24, 2.45) is 4.99 Å². The average Bonchev–Trinajstić information content (AvgIpc) is 3.21. The van der Waals surface area contributed by atoms with Crippen LogP contribution in [0.1, 0.15) is 37.7 Å². The largest absolute Gasteiger partial charge is 0.493 e. The van der Waals surface area contributed by atoms with Crippen LogP contribution in [0.4, 0.5) is 0 Å². The number of amidine groups is 1. The van der Waals surface area contributed by atoms with E-state index in [0.29, 0.717) is 36.0 Å². The zero-order valence-corrected chi connectivity index (χ0v) is 17.5. The third-order valence-electron chi connectivity index (χ3n) is 5.68. The molecule has 1 aromatic carbocycles. The van der Waals surface area contributed by atoms with E-state index >= 15 is 0 Å². The van der Waals surface area contributed by atoms with Crippen molar-refractivity contribution >= 4 is 11.7 Å². The maximum atomic E-state index is 12.8. The molecule has 1 amide bonds. The van der Waals surface area contributed by atoms with Crippen LogP contribution in [0.15, 0.2) is 46.9 Å². The summed E-state index contributed by atoms with van der Waals surface area (Å²) in [7, 11) is 3.23. The third kappa shape index (κ3) is 4.43. The molecule has 0 bridgehead atoms. The number of ether oxygens (including phenoxy) is 2.